The molecule has 0 fully saturated rings. The molecule has 1 aliphatic rings. The van der Waals surface area contributed by atoms with Crippen molar-refractivity contribution in [2.24, 2.45) is 5.92 Å². The molecule has 6 heteroatoms. The molecule has 2 heterocycles. The Morgan fingerprint density at radius 2 is 2.21 bits per heavy atom. The van der Waals surface area contributed by atoms with Gasteiger partial charge in [-0.3, -0.25) is 4.57 Å². The fourth-order valence-electron chi connectivity index (χ4n) is 2.32. The minimum Gasteiger partial charge on any atom is -0.320 e. The van der Waals surface area contributed by atoms with Gasteiger partial charge in [-0.25, -0.2) is 4.98 Å². The number of nitrogens with one attached hydrogen (secondary N) is 1. The summed E-state index contributed by atoms with van der Waals surface area (Å²) in [5.74, 6) is 0.664. The van der Waals surface area contributed by atoms with Crippen molar-refractivity contribution in [3.05, 3.63) is 23.4 Å². The Bertz CT molecular complexity index is 499. The van der Waals surface area contributed by atoms with Gasteiger partial charge in [-0.1, -0.05) is 19.9 Å². The Kier molecular flexibility index (Phi) is 4.41. The van der Waals surface area contributed by atoms with Gasteiger partial charge in [0.15, 0.2) is 5.44 Å². The first-order chi connectivity index (χ1) is 8.86. The fraction of sp³-hybridized carbons (Fsp3) is 0.615. The Balaban J connectivity index is 2.12. The van der Waals surface area contributed by atoms with Gasteiger partial charge in [0.25, 0.3) is 0 Å². The summed E-state index contributed by atoms with van der Waals surface area (Å²) in [5, 5.41) is 3.45. The predicted molar refractivity (Wildman–Crippen MR) is 74.3 cm³/mol. The summed E-state index contributed by atoms with van der Waals surface area (Å²) in [5.41, 5.74) is 1.75. The zero-order valence-corrected chi connectivity index (χ0v) is 12.2. The third kappa shape index (κ3) is 3.86. The smallest absolute Gasteiger partial charge is 0.320 e. The third-order valence-electron chi connectivity index (χ3n) is 3.47. The lowest BCUT2D eigenvalue weighted by Crippen LogP contribution is -2.37. The van der Waals surface area contributed by atoms with Crippen molar-refractivity contribution in [1.29, 1.82) is 0 Å². The lowest BCUT2D eigenvalue weighted by Gasteiger charge is -2.26. The number of nitrogens with zero attached hydrogens (tertiary/aromatic N) is 1. The standard InChI is InChI=1S/C13H21N2O3P/c1-9(2)3-5-11-7-12-10(8-14-11)4-6-13(15-12)19(16,17)18/h4,6,9,11,14H,3,5,7-8H2,1-2H3,(H2,16,17,18). The highest BCUT2D eigenvalue weighted by atomic mass is 31.2. The molecule has 1 aromatic heterocycles. The normalized spacial score (nSPS) is 19.5. The molecule has 0 radical (unpaired) electrons. The van der Waals surface area contributed by atoms with Crippen molar-refractivity contribution in [3.8, 4) is 0 Å². The molecule has 0 spiro atoms. The van der Waals surface area contributed by atoms with Crippen LogP contribution in [0.25, 0.3) is 0 Å². The molecule has 1 aliphatic heterocycles. The van der Waals surface area contributed by atoms with Crippen LogP contribution in [0.15, 0.2) is 12.1 Å². The average Bonchev–Trinajstić information content (AvgIpc) is 2.34. The first kappa shape index (κ1) is 14.7. The molecule has 0 amide bonds. The molecule has 5 nitrogen and oxygen atoms in total. The van der Waals surface area contributed by atoms with Gasteiger partial charge in [0.2, 0.25) is 0 Å². The van der Waals surface area contributed by atoms with Crippen molar-refractivity contribution in [1.82, 2.24) is 10.3 Å². The average molecular weight is 284 g/mol. The molecule has 1 aromatic rings. The topological polar surface area (TPSA) is 82.5 Å². The van der Waals surface area contributed by atoms with E-state index in [4.69, 9.17) is 9.79 Å². The van der Waals surface area contributed by atoms with Crippen LogP contribution in [-0.4, -0.2) is 20.8 Å². The zero-order valence-electron chi connectivity index (χ0n) is 11.3. The quantitative estimate of drug-likeness (QED) is 0.727. The highest BCUT2D eigenvalue weighted by Crippen LogP contribution is 2.32. The first-order valence-corrected chi connectivity index (χ1v) is 8.26. The summed E-state index contributed by atoms with van der Waals surface area (Å²) < 4.78 is 11.2. The molecule has 0 aliphatic carbocycles. The molecule has 0 saturated carbocycles. The Morgan fingerprint density at radius 3 is 2.84 bits per heavy atom. The van der Waals surface area contributed by atoms with Crippen LogP contribution in [0.3, 0.4) is 0 Å². The summed E-state index contributed by atoms with van der Waals surface area (Å²) >= 11 is 0. The number of pyridine rings is 1. The van der Waals surface area contributed by atoms with Crippen LogP contribution in [-0.2, 0) is 17.5 Å². The molecule has 1 unspecified atom stereocenters. The largest absolute Gasteiger partial charge is 0.374 e. The lowest BCUT2D eigenvalue weighted by atomic mass is 9.95. The number of fused-ring (bicyclic) bond motifs is 1. The highest BCUT2D eigenvalue weighted by molar-refractivity contribution is 7.60. The summed E-state index contributed by atoms with van der Waals surface area (Å²) in [7, 11) is -4.25. The maximum absolute atomic E-state index is 11.2. The second-order valence-electron chi connectivity index (χ2n) is 5.57. The zero-order chi connectivity index (χ0) is 14.0. The van der Waals surface area contributed by atoms with E-state index >= 15 is 0 Å². The number of hydrogen-bond donors (Lipinski definition) is 3. The van der Waals surface area contributed by atoms with E-state index in [1.54, 1.807) is 6.07 Å². The summed E-state index contributed by atoms with van der Waals surface area (Å²) in [6, 6.07) is 3.55. The molecule has 106 valence electrons. The molecular formula is C13H21N2O3P. The van der Waals surface area contributed by atoms with Gasteiger partial charge in [0, 0.05) is 24.7 Å². The van der Waals surface area contributed by atoms with Gasteiger partial charge in [-0.15, -0.1) is 0 Å². The Hall–Kier alpha value is -0.740. The van der Waals surface area contributed by atoms with E-state index in [-0.39, 0.29) is 5.44 Å². The van der Waals surface area contributed by atoms with Crippen LogP contribution in [0.5, 0.6) is 0 Å². The summed E-state index contributed by atoms with van der Waals surface area (Å²) in [6.45, 7) is 5.12. The predicted octanol–water partition coefficient (Wildman–Crippen LogP) is 1.34. The van der Waals surface area contributed by atoms with Crippen LogP contribution < -0.4 is 10.8 Å². The van der Waals surface area contributed by atoms with Crippen LogP contribution >= 0.6 is 7.60 Å². The molecule has 0 bridgehead atoms. The van der Waals surface area contributed by atoms with Crippen molar-refractivity contribution in [2.75, 3.05) is 0 Å². The minimum atomic E-state index is -4.25. The summed E-state index contributed by atoms with van der Waals surface area (Å²) in [6.07, 6.45) is 2.96. The molecule has 2 rings (SSSR count). The van der Waals surface area contributed by atoms with Crippen molar-refractivity contribution in [3.63, 3.8) is 0 Å². The Labute approximate surface area is 113 Å². The van der Waals surface area contributed by atoms with Gasteiger partial charge in [-0.05, 0) is 30.4 Å². The van der Waals surface area contributed by atoms with Gasteiger partial charge in [0.1, 0.15) is 0 Å². The van der Waals surface area contributed by atoms with Crippen LogP contribution in [0.1, 0.15) is 37.9 Å². The number of rotatable bonds is 4. The van der Waals surface area contributed by atoms with Crippen molar-refractivity contribution in [2.45, 2.75) is 45.7 Å². The van der Waals surface area contributed by atoms with Crippen LogP contribution in [0.2, 0.25) is 0 Å². The van der Waals surface area contributed by atoms with E-state index in [1.165, 1.54) is 6.07 Å². The van der Waals surface area contributed by atoms with Crippen molar-refractivity contribution < 1.29 is 14.4 Å². The van der Waals surface area contributed by atoms with Gasteiger partial charge in [-0.2, -0.15) is 0 Å². The molecule has 3 N–H and O–H groups in total. The second kappa shape index (κ2) is 5.71. The molecule has 0 aromatic carbocycles. The maximum atomic E-state index is 11.2. The van der Waals surface area contributed by atoms with E-state index in [0.717, 1.165) is 37.1 Å². The van der Waals surface area contributed by atoms with E-state index in [2.05, 4.69) is 24.1 Å². The molecule has 19 heavy (non-hydrogen) atoms. The minimum absolute atomic E-state index is 0.115. The van der Waals surface area contributed by atoms with E-state index < -0.39 is 7.60 Å². The fourth-order valence-corrected chi connectivity index (χ4v) is 2.84. The first-order valence-electron chi connectivity index (χ1n) is 6.64. The van der Waals surface area contributed by atoms with E-state index in [1.807, 2.05) is 0 Å². The van der Waals surface area contributed by atoms with E-state index in [0.29, 0.717) is 12.0 Å². The Morgan fingerprint density at radius 1 is 1.47 bits per heavy atom. The third-order valence-corrected chi connectivity index (χ3v) is 4.31. The molecule has 0 saturated heterocycles. The van der Waals surface area contributed by atoms with Crippen molar-refractivity contribution >= 4 is 13.0 Å². The monoisotopic (exact) mass is 284 g/mol. The number of hydrogen-bond acceptors (Lipinski definition) is 3. The molecular weight excluding hydrogens is 263 g/mol. The van der Waals surface area contributed by atoms with Gasteiger partial charge < -0.3 is 15.1 Å². The van der Waals surface area contributed by atoms with E-state index in [9.17, 15) is 4.57 Å². The highest BCUT2D eigenvalue weighted by Gasteiger charge is 2.24. The lowest BCUT2D eigenvalue weighted by molar-refractivity contribution is 0.385. The molecule has 1 atom stereocenters. The van der Waals surface area contributed by atoms with Gasteiger partial charge in [0.05, 0.1) is 0 Å². The summed E-state index contributed by atoms with van der Waals surface area (Å²) in [4.78, 5) is 22.5. The van der Waals surface area contributed by atoms with Crippen LogP contribution in [0, 0.1) is 5.92 Å². The maximum Gasteiger partial charge on any atom is 0.374 e. The number of aromatic nitrogens is 1. The second-order valence-corrected chi connectivity index (χ2v) is 7.12. The van der Waals surface area contributed by atoms with Gasteiger partial charge >= 0.3 is 7.60 Å². The SMILES string of the molecule is CC(C)CCC1Cc2nc(P(=O)(O)O)ccc2CN1. The van der Waals surface area contributed by atoms with Crippen LogP contribution in [0.4, 0.5) is 0 Å².